The van der Waals surface area contributed by atoms with E-state index in [0.29, 0.717) is 6.42 Å². The zero-order chi connectivity index (χ0) is 28.4. The van der Waals surface area contributed by atoms with E-state index < -0.39 is 43.2 Å². The summed E-state index contributed by atoms with van der Waals surface area (Å²) in [5.74, 6) is -1.33. The van der Waals surface area contributed by atoms with Gasteiger partial charge in [-0.15, -0.1) is 0 Å². The van der Waals surface area contributed by atoms with Crippen LogP contribution >= 0.6 is 7.60 Å². The van der Waals surface area contributed by atoms with E-state index in [-0.39, 0.29) is 50.9 Å². The Hall–Kier alpha value is -1.14. The third-order valence-corrected chi connectivity index (χ3v) is 8.95. The van der Waals surface area contributed by atoms with Crippen LogP contribution < -0.4 is 0 Å². The van der Waals surface area contributed by atoms with Crippen LogP contribution in [-0.4, -0.2) is 75.0 Å². The number of esters is 2. The average Bonchev–Trinajstić information content (AvgIpc) is 3.19. The van der Waals surface area contributed by atoms with Crippen molar-refractivity contribution in [2.75, 3.05) is 32.5 Å². The summed E-state index contributed by atoms with van der Waals surface area (Å²) in [4.78, 5) is 24.2. The molecule has 1 aliphatic heterocycles. The molecule has 0 aromatic heterocycles. The van der Waals surface area contributed by atoms with Gasteiger partial charge in [0.05, 0.1) is 25.9 Å². The Morgan fingerprint density at radius 1 is 1.05 bits per heavy atom. The van der Waals surface area contributed by atoms with Gasteiger partial charge in [0.15, 0.2) is 0 Å². The smallest absolute Gasteiger partial charge is 0.333 e. The summed E-state index contributed by atoms with van der Waals surface area (Å²) >= 11 is -2.47. The highest BCUT2D eigenvalue weighted by atomic mass is 32.2. The largest absolute Gasteiger partial charge is 0.456 e. The molecule has 2 N–H and O–H groups in total. The fraction of sp³-hybridized carbons (Fsp3) is 0.840. The molecule has 11 nitrogen and oxygen atoms in total. The molecule has 0 amide bonds. The van der Waals surface area contributed by atoms with Gasteiger partial charge in [0.2, 0.25) is 17.6 Å². The lowest BCUT2D eigenvalue weighted by Crippen LogP contribution is -2.40. The number of cyclic esters (lactones) is 1. The van der Waals surface area contributed by atoms with Crippen molar-refractivity contribution in [2.45, 2.75) is 104 Å². The van der Waals surface area contributed by atoms with E-state index >= 15 is 0 Å². The van der Waals surface area contributed by atoms with Gasteiger partial charge in [-0.25, -0.2) is 9.00 Å². The number of aliphatic hydroxyl groups is 1. The summed E-state index contributed by atoms with van der Waals surface area (Å²) in [5.41, 5.74) is 0.000170. The number of carbonyl (C=O) groups excluding carboxylic acids is 2. The second-order valence-corrected chi connectivity index (χ2v) is 12.3. The fourth-order valence-electron chi connectivity index (χ4n) is 4.10. The molecule has 3 unspecified atom stereocenters. The number of hydrogen-bond acceptors (Lipinski definition) is 9. The van der Waals surface area contributed by atoms with Gasteiger partial charge in [-0.05, 0) is 26.7 Å². The average molecular weight is 584 g/mol. The third-order valence-electron chi connectivity index (χ3n) is 6.01. The molecule has 1 aliphatic rings. The molecule has 0 radical (unpaired) electrons. The Kier molecular flexibility index (Phi) is 18.2. The van der Waals surface area contributed by atoms with E-state index in [1.807, 2.05) is 0 Å². The molecule has 3 atom stereocenters. The number of rotatable bonds is 23. The summed E-state index contributed by atoms with van der Waals surface area (Å²) in [6.07, 6.45) is 8.42. The van der Waals surface area contributed by atoms with Gasteiger partial charge in [0, 0.05) is 24.6 Å². The van der Waals surface area contributed by atoms with Crippen molar-refractivity contribution in [2.24, 2.45) is 0 Å². The number of unbranched alkanes of at least 4 members (excludes halogenated alkanes) is 8. The van der Waals surface area contributed by atoms with E-state index in [0.717, 1.165) is 29.6 Å². The monoisotopic (exact) mass is 583 g/mol. The summed E-state index contributed by atoms with van der Waals surface area (Å²) < 4.78 is 56.4. The molecule has 0 aliphatic carbocycles. The Morgan fingerprint density at radius 2 is 1.63 bits per heavy atom. The molecule has 0 saturated carbocycles. The quantitative estimate of drug-likeness (QED) is 0.0749. The molecule has 13 heteroatoms. The molecular weight excluding hydrogens is 537 g/mol. The molecular formula is C25H46NO10PS. The summed E-state index contributed by atoms with van der Waals surface area (Å²) in [5, 5.41) is 10.1. The number of aliphatic hydroxyl groups excluding tert-OH is 1. The first-order chi connectivity index (χ1) is 18.2. The van der Waals surface area contributed by atoms with Crippen molar-refractivity contribution in [3.05, 3.63) is 11.6 Å². The van der Waals surface area contributed by atoms with Crippen molar-refractivity contribution in [1.82, 2.24) is 4.31 Å². The highest BCUT2D eigenvalue weighted by Gasteiger charge is 2.35. The van der Waals surface area contributed by atoms with Crippen LogP contribution in [0.5, 0.6) is 0 Å². The van der Waals surface area contributed by atoms with Crippen molar-refractivity contribution < 1.29 is 46.5 Å². The Balaban J connectivity index is 2.68. The van der Waals surface area contributed by atoms with Crippen LogP contribution in [0.15, 0.2) is 11.6 Å². The van der Waals surface area contributed by atoms with Crippen LogP contribution in [0.2, 0.25) is 0 Å². The minimum Gasteiger partial charge on any atom is -0.456 e. The molecule has 38 heavy (non-hydrogen) atoms. The van der Waals surface area contributed by atoms with E-state index in [4.69, 9.17) is 18.5 Å². The van der Waals surface area contributed by atoms with Crippen LogP contribution in [0, 0.1) is 0 Å². The van der Waals surface area contributed by atoms with Crippen LogP contribution in [0.3, 0.4) is 0 Å². The van der Waals surface area contributed by atoms with E-state index in [2.05, 4.69) is 6.92 Å². The first-order valence-corrected chi connectivity index (χ1v) is 16.5. The topological polar surface area (TPSA) is 149 Å². The van der Waals surface area contributed by atoms with E-state index in [9.17, 15) is 28.0 Å². The Labute approximate surface area is 229 Å². The second kappa shape index (κ2) is 19.8. The highest BCUT2D eigenvalue weighted by molar-refractivity contribution is 7.76. The van der Waals surface area contributed by atoms with Crippen molar-refractivity contribution in [1.29, 1.82) is 0 Å². The molecule has 0 bridgehead atoms. The predicted octanol–water partition coefficient (Wildman–Crippen LogP) is 4.72. The normalized spacial score (nSPS) is 17.4. The van der Waals surface area contributed by atoms with Gasteiger partial charge in [0.25, 0.3) is 0 Å². The molecule has 0 saturated heterocycles. The SMILES string of the molecule is CCCCCCCCCCCC(=O)OC(CN(CCCP(=O)(OCC)OCC)S(=O)O)C1=CC(=O)OC1O. The van der Waals surface area contributed by atoms with E-state index in [1.165, 1.54) is 32.1 Å². The maximum absolute atomic E-state index is 12.7. The standard InChI is InChI=1S/C25H46NO10PS/c1-4-7-8-9-10-11-12-13-14-16-23(27)35-22(21-19-24(28)36-25(21)29)20-26(38(31)32)17-15-18-37(30,33-5-2)34-6-3/h19,22,25,29H,4-18,20H2,1-3H3,(H,31,32). The third kappa shape index (κ3) is 14.3. The fourth-order valence-corrected chi connectivity index (χ4v) is 6.29. The lowest BCUT2D eigenvalue weighted by molar-refractivity contribution is -0.154. The van der Waals surface area contributed by atoms with Crippen LogP contribution in [0.25, 0.3) is 0 Å². The van der Waals surface area contributed by atoms with Gasteiger partial charge in [-0.3, -0.25) is 13.9 Å². The van der Waals surface area contributed by atoms with Gasteiger partial charge in [-0.2, -0.15) is 4.31 Å². The van der Waals surface area contributed by atoms with Crippen LogP contribution in [0.1, 0.15) is 91.4 Å². The molecule has 222 valence electrons. The minimum absolute atomic E-state index is 0.000170. The van der Waals surface area contributed by atoms with Gasteiger partial charge < -0.3 is 23.6 Å². The van der Waals surface area contributed by atoms with Gasteiger partial charge in [-0.1, -0.05) is 58.3 Å². The summed E-state index contributed by atoms with van der Waals surface area (Å²) in [7, 11) is -3.34. The Bertz CT molecular complexity index is 799. The number of ether oxygens (including phenoxy) is 2. The number of nitrogens with zero attached hydrogens (tertiary/aromatic N) is 1. The number of hydrogen-bond donors (Lipinski definition) is 2. The molecule has 1 heterocycles. The second-order valence-electron chi connectivity index (χ2n) is 9.13. The predicted molar refractivity (Wildman–Crippen MR) is 145 cm³/mol. The van der Waals surface area contributed by atoms with Crippen molar-refractivity contribution in [3.63, 3.8) is 0 Å². The van der Waals surface area contributed by atoms with Gasteiger partial charge >= 0.3 is 19.5 Å². The van der Waals surface area contributed by atoms with Gasteiger partial charge in [0.1, 0.15) is 6.10 Å². The van der Waals surface area contributed by atoms with E-state index in [1.54, 1.807) is 13.8 Å². The highest BCUT2D eigenvalue weighted by Crippen LogP contribution is 2.48. The Morgan fingerprint density at radius 3 is 2.13 bits per heavy atom. The van der Waals surface area contributed by atoms with Crippen molar-refractivity contribution >= 4 is 30.8 Å². The first kappa shape index (κ1) is 34.9. The lowest BCUT2D eigenvalue weighted by atomic mass is 10.1. The molecule has 0 aromatic rings. The lowest BCUT2D eigenvalue weighted by Gasteiger charge is -2.26. The van der Waals surface area contributed by atoms with Crippen LogP contribution in [-0.2, 0) is 43.9 Å². The summed E-state index contributed by atoms with van der Waals surface area (Å²) in [6, 6.07) is 0. The maximum atomic E-state index is 12.7. The first-order valence-electron chi connectivity index (χ1n) is 13.7. The zero-order valence-electron chi connectivity index (χ0n) is 23.0. The summed E-state index contributed by atoms with van der Waals surface area (Å²) in [6.45, 7) is 5.69. The molecule has 0 fully saturated rings. The molecule has 0 aromatic carbocycles. The molecule has 0 spiro atoms. The van der Waals surface area contributed by atoms with Crippen LogP contribution in [0.4, 0.5) is 0 Å². The molecule has 1 rings (SSSR count). The maximum Gasteiger partial charge on any atom is 0.333 e. The zero-order valence-corrected chi connectivity index (χ0v) is 24.7. The minimum atomic E-state index is -3.34. The number of carbonyl (C=O) groups is 2. The van der Waals surface area contributed by atoms with Crippen molar-refractivity contribution in [3.8, 4) is 0 Å².